The van der Waals surface area contributed by atoms with Crippen LogP contribution in [0, 0.1) is 6.92 Å². The van der Waals surface area contributed by atoms with E-state index in [1.54, 1.807) is 6.07 Å². The van der Waals surface area contributed by atoms with Crippen molar-refractivity contribution in [3.8, 4) is 0 Å². The van der Waals surface area contributed by atoms with E-state index in [-0.39, 0.29) is 11.8 Å². The van der Waals surface area contributed by atoms with Gasteiger partial charge in [-0.25, -0.2) is 0 Å². The van der Waals surface area contributed by atoms with Crippen LogP contribution in [0.3, 0.4) is 0 Å². The van der Waals surface area contributed by atoms with Gasteiger partial charge in [0.05, 0.1) is 0 Å². The lowest BCUT2D eigenvalue weighted by molar-refractivity contribution is 0.0999. The normalized spacial score (nSPS) is 12.3. The third-order valence-corrected chi connectivity index (χ3v) is 4.30. The van der Waals surface area contributed by atoms with Gasteiger partial charge in [-0.15, -0.1) is 0 Å². The van der Waals surface area contributed by atoms with Crippen LogP contribution in [0.1, 0.15) is 39.9 Å². The number of benzene rings is 3. The molecule has 2 N–H and O–H groups in total. The lowest BCUT2D eigenvalue weighted by Crippen LogP contribution is -2.15. The van der Waals surface area contributed by atoms with E-state index in [9.17, 15) is 4.79 Å². The molecule has 0 radical (unpaired) electrons. The van der Waals surface area contributed by atoms with Crippen LogP contribution in [0.25, 0.3) is 10.8 Å². The summed E-state index contributed by atoms with van der Waals surface area (Å²) < 4.78 is 0. The van der Waals surface area contributed by atoms with Crippen LogP contribution in [-0.2, 0) is 0 Å². The van der Waals surface area contributed by atoms with Gasteiger partial charge >= 0.3 is 0 Å². The molecule has 22 heavy (non-hydrogen) atoms. The van der Waals surface area contributed by atoms with Gasteiger partial charge in [-0.3, -0.25) is 4.79 Å². The Morgan fingerprint density at radius 1 is 0.909 bits per heavy atom. The first kappa shape index (κ1) is 14.3. The largest absolute Gasteiger partial charge is 0.366 e. The van der Waals surface area contributed by atoms with Gasteiger partial charge in [0.2, 0.25) is 5.91 Å². The first-order valence-electron chi connectivity index (χ1n) is 7.46. The number of primary amides is 1. The van der Waals surface area contributed by atoms with Crippen LogP contribution in [0.2, 0.25) is 0 Å². The van der Waals surface area contributed by atoms with E-state index in [1.165, 1.54) is 21.9 Å². The predicted octanol–water partition coefficient (Wildman–Crippen LogP) is 4.40. The number of nitrogens with two attached hydrogens (primary N) is 1. The van der Waals surface area contributed by atoms with Crippen LogP contribution in [0.4, 0.5) is 0 Å². The van der Waals surface area contributed by atoms with Crippen LogP contribution in [-0.4, -0.2) is 5.91 Å². The molecule has 0 saturated heterocycles. The summed E-state index contributed by atoms with van der Waals surface area (Å²) in [5, 5.41) is 2.48. The van der Waals surface area contributed by atoms with Crippen molar-refractivity contribution in [2.24, 2.45) is 5.73 Å². The standard InChI is InChI=1S/C20H19NO/c1-13-7-5-8-15-9-6-12-17(19(13)15)14(2)16-10-3-4-11-18(16)20(21)22/h3-12,14H,1-2H3,(H2,21,22). The monoisotopic (exact) mass is 289 g/mol. The zero-order valence-electron chi connectivity index (χ0n) is 12.8. The number of carbonyl (C=O) groups excluding carboxylic acids is 1. The van der Waals surface area contributed by atoms with Crippen molar-refractivity contribution in [3.05, 3.63) is 82.9 Å². The Bertz CT molecular complexity index is 846. The fourth-order valence-electron chi connectivity index (χ4n) is 3.19. The molecule has 110 valence electrons. The molecule has 1 unspecified atom stereocenters. The number of hydrogen-bond donors (Lipinski definition) is 1. The summed E-state index contributed by atoms with van der Waals surface area (Å²) in [7, 11) is 0. The topological polar surface area (TPSA) is 43.1 Å². The fraction of sp³-hybridized carbons (Fsp3) is 0.150. The first-order valence-corrected chi connectivity index (χ1v) is 7.46. The highest BCUT2D eigenvalue weighted by Crippen LogP contribution is 2.33. The number of amides is 1. The minimum Gasteiger partial charge on any atom is -0.366 e. The van der Waals surface area contributed by atoms with Crippen LogP contribution < -0.4 is 5.73 Å². The van der Waals surface area contributed by atoms with E-state index >= 15 is 0 Å². The number of aryl methyl sites for hydroxylation is 1. The zero-order chi connectivity index (χ0) is 15.7. The van der Waals surface area contributed by atoms with Crippen molar-refractivity contribution in [1.29, 1.82) is 0 Å². The van der Waals surface area contributed by atoms with Crippen molar-refractivity contribution in [1.82, 2.24) is 0 Å². The Kier molecular flexibility index (Phi) is 3.68. The Morgan fingerprint density at radius 2 is 1.55 bits per heavy atom. The summed E-state index contributed by atoms with van der Waals surface area (Å²) in [6, 6.07) is 20.2. The van der Waals surface area contributed by atoms with Crippen molar-refractivity contribution < 1.29 is 4.79 Å². The Labute approximate surface area is 130 Å². The first-order chi connectivity index (χ1) is 10.6. The van der Waals surface area contributed by atoms with Crippen LogP contribution in [0.15, 0.2) is 60.7 Å². The highest BCUT2D eigenvalue weighted by Gasteiger charge is 2.17. The third kappa shape index (κ3) is 2.37. The minimum atomic E-state index is -0.376. The Hall–Kier alpha value is -2.61. The van der Waals surface area contributed by atoms with E-state index in [0.29, 0.717) is 5.56 Å². The summed E-state index contributed by atoms with van der Waals surface area (Å²) in [4.78, 5) is 11.7. The van der Waals surface area contributed by atoms with E-state index in [0.717, 1.165) is 5.56 Å². The second-order valence-electron chi connectivity index (χ2n) is 5.69. The number of hydrogen-bond acceptors (Lipinski definition) is 1. The summed E-state index contributed by atoms with van der Waals surface area (Å²) in [5.74, 6) is -0.270. The van der Waals surface area contributed by atoms with Crippen LogP contribution >= 0.6 is 0 Å². The highest BCUT2D eigenvalue weighted by molar-refractivity contribution is 5.95. The van der Waals surface area contributed by atoms with E-state index < -0.39 is 0 Å². The smallest absolute Gasteiger partial charge is 0.248 e. The Morgan fingerprint density at radius 3 is 2.27 bits per heavy atom. The van der Waals surface area contributed by atoms with Gasteiger partial charge in [-0.05, 0) is 40.5 Å². The SMILES string of the molecule is Cc1cccc2cccc(C(C)c3ccccc3C(N)=O)c12. The molecule has 1 amide bonds. The van der Waals surface area contributed by atoms with Gasteiger partial charge in [0.15, 0.2) is 0 Å². The molecule has 0 fully saturated rings. The van der Waals surface area contributed by atoms with Crippen molar-refractivity contribution in [2.45, 2.75) is 19.8 Å². The summed E-state index contributed by atoms with van der Waals surface area (Å²) in [6.07, 6.45) is 0. The van der Waals surface area contributed by atoms with Gasteiger partial charge in [-0.1, -0.05) is 61.5 Å². The lowest BCUT2D eigenvalue weighted by atomic mass is 9.85. The van der Waals surface area contributed by atoms with Crippen molar-refractivity contribution in [3.63, 3.8) is 0 Å². The molecule has 1 atom stereocenters. The summed E-state index contributed by atoms with van der Waals surface area (Å²) in [5.41, 5.74) is 9.58. The summed E-state index contributed by atoms with van der Waals surface area (Å²) >= 11 is 0. The molecule has 0 aromatic heterocycles. The average molecular weight is 289 g/mol. The lowest BCUT2D eigenvalue weighted by Gasteiger charge is -2.18. The molecule has 0 aliphatic heterocycles. The molecule has 0 bridgehead atoms. The van der Waals surface area contributed by atoms with E-state index in [1.807, 2.05) is 18.2 Å². The zero-order valence-corrected chi connectivity index (χ0v) is 12.8. The molecule has 3 rings (SSSR count). The van der Waals surface area contributed by atoms with Crippen molar-refractivity contribution in [2.75, 3.05) is 0 Å². The van der Waals surface area contributed by atoms with Gasteiger partial charge in [-0.2, -0.15) is 0 Å². The summed E-state index contributed by atoms with van der Waals surface area (Å²) in [6.45, 7) is 4.25. The average Bonchev–Trinajstić information content (AvgIpc) is 2.54. The quantitative estimate of drug-likeness (QED) is 0.763. The maximum absolute atomic E-state index is 11.7. The van der Waals surface area contributed by atoms with Crippen LogP contribution in [0.5, 0.6) is 0 Å². The molecule has 3 aromatic carbocycles. The molecule has 0 aliphatic carbocycles. The maximum Gasteiger partial charge on any atom is 0.248 e. The molecule has 2 heteroatoms. The van der Waals surface area contributed by atoms with Gasteiger partial charge < -0.3 is 5.73 Å². The minimum absolute atomic E-state index is 0.105. The molecular weight excluding hydrogens is 270 g/mol. The van der Waals surface area contributed by atoms with E-state index in [2.05, 4.69) is 50.2 Å². The Balaban J connectivity index is 2.22. The molecule has 3 aromatic rings. The third-order valence-electron chi connectivity index (χ3n) is 4.30. The highest BCUT2D eigenvalue weighted by atomic mass is 16.1. The van der Waals surface area contributed by atoms with E-state index in [4.69, 9.17) is 5.73 Å². The number of carbonyl (C=O) groups is 1. The fourth-order valence-corrected chi connectivity index (χ4v) is 3.19. The second kappa shape index (κ2) is 5.64. The van der Waals surface area contributed by atoms with Gasteiger partial charge in [0.1, 0.15) is 0 Å². The number of rotatable bonds is 3. The predicted molar refractivity (Wildman–Crippen MR) is 91.2 cm³/mol. The molecule has 0 saturated carbocycles. The molecule has 0 aliphatic rings. The maximum atomic E-state index is 11.7. The molecule has 0 spiro atoms. The number of fused-ring (bicyclic) bond motifs is 1. The van der Waals surface area contributed by atoms with Gasteiger partial charge in [0.25, 0.3) is 0 Å². The van der Waals surface area contributed by atoms with Crippen molar-refractivity contribution >= 4 is 16.7 Å². The molecule has 2 nitrogen and oxygen atoms in total. The molecule has 0 heterocycles. The molecular formula is C20H19NO. The van der Waals surface area contributed by atoms with Gasteiger partial charge in [0, 0.05) is 11.5 Å². The second-order valence-corrected chi connectivity index (χ2v) is 5.69.